The van der Waals surface area contributed by atoms with Crippen LogP contribution in [0, 0.1) is 5.41 Å². The highest BCUT2D eigenvalue weighted by atomic mass is 16.4. The second kappa shape index (κ2) is 5.98. The van der Waals surface area contributed by atoms with Gasteiger partial charge >= 0.3 is 5.97 Å². The van der Waals surface area contributed by atoms with Crippen molar-refractivity contribution in [2.45, 2.75) is 39.7 Å². The number of rotatable bonds is 7. The van der Waals surface area contributed by atoms with Gasteiger partial charge in [0.2, 0.25) is 0 Å². The van der Waals surface area contributed by atoms with Gasteiger partial charge in [-0.15, -0.1) is 0 Å². The SMILES string of the molecule is CCC(O)CCNCC(C)(C)C(=O)O. The van der Waals surface area contributed by atoms with Gasteiger partial charge in [0.15, 0.2) is 0 Å². The number of carboxylic acids is 1. The van der Waals surface area contributed by atoms with Crippen LogP contribution < -0.4 is 5.32 Å². The van der Waals surface area contributed by atoms with Gasteiger partial charge < -0.3 is 15.5 Å². The van der Waals surface area contributed by atoms with Crippen molar-refractivity contribution >= 4 is 5.97 Å². The summed E-state index contributed by atoms with van der Waals surface area (Å²) >= 11 is 0. The number of hydrogen-bond donors (Lipinski definition) is 3. The second-order valence-corrected chi connectivity index (χ2v) is 4.22. The first kappa shape index (κ1) is 13.4. The van der Waals surface area contributed by atoms with Gasteiger partial charge in [0.1, 0.15) is 0 Å². The van der Waals surface area contributed by atoms with Crippen LogP contribution in [0.1, 0.15) is 33.6 Å². The topological polar surface area (TPSA) is 69.6 Å². The van der Waals surface area contributed by atoms with Gasteiger partial charge in [-0.2, -0.15) is 0 Å². The summed E-state index contributed by atoms with van der Waals surface area (Å²) in [5.74, 6) is -0.805. The molecule has 0 aromatic heterocycles. The van der Waals surface area contributed by atoms with Crippen LogP contribution in [0.4, 0.5) is 0 Å². The number of aliphatic carboxylic acids is 1. The van der Waals surface area contributed by atoms with Crippen molar-refractivity contribution in [3.8, 4) is 0 Å². The smallest absolute Gasteiger partial charge is 0.310 e. The molecule has 4 nitrogen and oxygen atoms in total. The summed E-state index contributed by atoms with van der Waals surface area (Å²) in [7, 11) is 0. The van der Waals surface area contributed by atoms with Crippen molar-refractivity contribution in [3.05, 3.63) is 0 Å². The van der Waals surface area contributed by atoms with Gasteiger partial charge in [-0.05, 0) is 33.2 Å². The van der Waals surface area contributed by atoms with Gasteiger partial charge in [-0.1, -0.05) is 6.92 Å². The molecule has 0 aromatic carbocycles. The molecule has 3 N–H and O–H groups in total. The summed E-state index contributed by atoms with van der Waals surface area (Å²) in [6.45, 7) is 6.37. The first-order valence-corrected chi connectivity index (χ1v) is 5.02. The fourth-order valence-electron chi connectivity index (χ4n) is 0.949. The maximum atomic E-state index is 10.7. The molecule has 0 aliphatic carbocycles. The molecule has 0 fully saturated rings. The zero-order chi connectivity index (χ0) is 11.2. The Hall–Kier alpha value is -0.610. The quantitative estimate of drug-likeness (QED) is 0.536. The lowest BCUT2D eigenvalue weighted by Gasteiger charge is -2.19. The zero-order valence-electron chi connectivity index (χ0n) is 9.21. The number of carboxylic acid groups (broad SMARTS) is 1. The zero-order valence-corrected chi connectivity index (χ0v) is 9.21. The molecule has 84 valence electrons. The lowest BCUT2D eigenvalue weighted by Crippen LogP contribution is -2.37. The molecule has 0 rings (SSSR count). The van der Waals surface area contributed by atoms with Crippen molar-refractivity contribution in [3.63, 3.8) is 0 Å². The average molecular weight is 203 g/mol. The molecular weight excluding hydrogens is 182 g/mol. The lowest BCUT2D eigenvalue weighted by molar-refractivity contribution is -0.146. The molecule has 0 saturated carbocycles. The Bertz CT molecular complexity index is 180. The number of aliphatic hydroxyl groups excluding tert-OH is 1. The Morgan fingerprint density at radius 1 is 1.50 bits per heavy atom. The summed E-state index contributed by atoms with van der Waals surface area (Å²) < 4.78 is 0. The molecule has 0 spiro atoms. The Kier molecular flexibility index (Phi) is 5.72. The second-order valence-electron chi connectivity index (χ2n) is 4.22. The minimum absolute atomic E-state index is 0.282. The summed E-state index contributed by atoms with van der Waals surface area (Å²) in [4.78, 5) is 10.7. The number of aliphatic hydroxyl groups is 1. The van der Waals surface area contributed by atoms with Crippen LogP contribution in [0.5, 0.6) is 0 Å². The Morgan fingerprint density at radius 3 is 2.50 bits per heavy atom. The predicted octanol–water partition coefficient (Wildman–Crippen LogP) is 0.848. The molecule has 14 heavy (non-hydrogen) atoms. The minimum atomic E-state index is -0.805. The molecule has 0 aromatic rings. The van der Waals surface area contributed by atoms with E-state index in [4.69, 9.17) is 5.11 Å². The standard InChI is InChI=1S/C10H21NO3/c1-4-8(12)5-6-11-7-10(2,3)9(13)14/h8,11-12H,4-7H2,1-3H3,(H,13,14). The largest absolute Gasteiger partial charge is 0.481 e. The van der Waals surface area contributed by atoms with E-state index in [0.29, 0.717) is 19.5 Å². The third-order valence-corrected chi connectivity index (χ3v) is 2.27. The van der Waals surface area contributed by atoms with Crippen molar-refractivity contribution < 1.29 is 15.0 Å². The van der Waals surface area contributed by atoms with Crippen molar-refractivity contribution in [2.75, 3.05) is 13.1 Å². The van der Waals surface area contributed by atoms with E-state index in [1.54, 1.807) is 13.8 Å². The summed E-state index contributed by atoms with van der Waals surface area (Å²) in [5.41, 5.74) is -0.739. The third-order valence-electron chi connectivity index (χ3n) is 2.27. The fourth-order valence-corrected chi connectivity index (χ4v) is 0.949. The van der Waals surface area contributed by atoms with E-state index in [0.717, 1.165) is 6.42 Å². The fraction of sp³-hybridized carbons (Fsp3) is 0.900. The van der Waals surface area contributed by atoms with E-state index in [-0.39, 0.29) is 6.10 Å². The summed E-state index contributed by atoms with van der Waals surface area (Å²) in [6.07, 6.45) is 1.13. The number of nitrogens with one attached hydrogen (secondary N) is 1. The highest BCUT2D eigenvalue weighted by Crippen LogP contribution is 2.12. The summed E-state index contributed by atoms with van der Waals surface area (Å²) in [5, 5.41) is 21.1. The Morgan fingerprint density at radius 2 is 2.07 bits per heavy atom. The predicted molar refractivity (Wildman–Crippen MR) is 55.2 cm³/mol. The van der Waals surface area contributed by atoms with Gasteiger partial charge in [0.05, 0.1) is 11.5 Å². The van der Waals surface area contributed by atoms with E-state index in [1.165, 1.54) is 0 Å². The van der Waals surface area contributed by atoms with Crippen molar-refractivity contribution in [1.29, 1.82) is 0 Å². The molecule has 0 amide bonds. The molecule has 0 heterocycles. The highest BCUT2D eigenvalue weighted by Gasteiger charge is 2.26. The van der Waals surface area contributed by atoms with Crippen molar-refractivity contribution in [1.82, 2.24) is 5.32 Å². The molecule has 0 aliphatic rings. The average Bonchev–Trinajstić information content (AvgIpc) is 2.11. The summed E-state index contributed by atoms with van der Waals surface area (Å²) in [6, 6.07) is 0. The van der Waals surface area contributed by atoms with Crippen LogP contribution in [0.25, 0.3) is 0 Å². The first-order chi connectivity index (χ1) is 6.40. The molecule has 0 bridgehead atoms. The van der Waals surface area contributed by atoms with E-state index in [9.17, 15) is 9.90 Å². The van der Waals surface area contributed by atoms with Crippen molar-refractivity contribution in [2.24, 2.45) is 5.41 Å². The van der Waals surface area contributed by atoms with Crippen LogP contribution >= 0.6 is 0 Å². The maximum Gasteiger partial charge on any atom is 0.310 e. The Labute approximate surface area is 85.3 Å². The van der Waals surface area contributed by atoms with E-state index in [1.807, 2.05) is 6.92 Å². The number of carbonyl (C=O) groups is 1. The van der Waals surface area contributed by atoms with Gasteiger partial charge in [0, 0.05) is 6.54 Å². The van der Waals surface area contributed by atoms with Crippen LogP contribution in [0.3, 0.4) is 0 Å². The van der Waals surface area contributed by atoms with Crippen LogP contribution in [0.15, 0.2) is 0 Å². The van der Waals surface area contributed by atoms with E-state index < -0.39 is 11.4 Å². The van der Waals surface area contributed by atoms with Crippen LogP contribution in [0.2, 0.25) is 0 Å². The minimum Gasteiger partial charge on any atom is -0.481 e. The first-order valence-electron chi connectivity index (χ1n) is 5.02. The lowest BCUT2D eigenvalue weighted by atomic mass is 9.94. The molecule has 0 saturated heterocycles. The molecule has 4 heteroatoms. The maximum absolute atomic E-state index is 10.7. The monoisotopic (exact) mass is 203 g/mol. The van der Waals surface area contributed by atoms with Crippen LogP contribution in [-0.4, -0.2) is 35.4 Å². The van der Waals surface area contributed by atoms with Gasteiger partial charge in [-0.25, -0.2) is 0 Å². The molecule has 1 atom stereocenters. The normalized spacial score (nSPS) is 14.0. The molecule has 0 radical (unpaired) electrons. The number of hydrogen-bond acceptors (Lipinski definition) is 3. The molecular formula is C10H21NO3. The van der Waals surface area contributed by atoms with E-state index >= 15 is 0 Å². The Balaban J connectivity index is 3.59. The highest BCUT2D eigenvalue weighted by molar-refractivity contribution is 5.73. The van der Waals surface area contributed by atoms with Gasteiger partial charge in [0.25, 0.3) is 0 Å². The van der Waals surface area contributed by atoms with E-state index in [2.05, 4.69) is 5.32 Å². The third kappa shape index (κ3) is 5.19. The molecule has 1 unspecified atom stereocenters. The van der Waals surface area contributed by atoms with Gasteiger partial charge in [-0.3, -0.25) is 4.79 Å². The van der Waals surface area contributed by atoms with Crippen LogP contribution in [-0.2, 0) is 4.79 Å². The molecule has 0 aliphatic heterocycles.